The minimum atomic E-state index is -5.78. The fourth-order valence-corrected chi connectivity index (χ4v) is 6.44. The molecule has 25 heteroatoms. The molecule has 0 radical (unpaired) electrons. The van der Waals surface area contributed by atoms with Crippen LogP contribution in [0.3, 0.4) is 0 Å². The van der Waals surface area contributed by atoms with Crippen LogP contribution in [0.1, 0.15) is 6.23 Å². The maximum atomic E-state index is 12.2. The normalized spacial score (nSPS) is 25.1. The lowest BCUT2D eigenvalue weighted by molar-refractivity contribution is -0.0522. The van der Waals surface area contributed by atoms with Gasteiger partial charge in [0, 0.05) is 13.1 Å². The van der Waals surface area contributed by atoms with Crippen LogP contribution in [-0.4, -0.2) is 88.3 Å². The van der Waals surface area contributed by atoms with Crippen LogP contribution >= 0.6 is 35.7 Å². The van der Waals surface area contributed by atoms with Crippen molar-refractivity contribution in [1.82, 2.24) is 24.8 Å². The number of alkyl carbamates (subject to hydrolysis) is 1. The molecule has 214 valence electrons. The van der Waals surface area contributed by atoms with Crippen molar-refractivity contribution in [3.8, 4) is 0 Å². The number of nitrogens with two attached hydrogens (primary N) is 2. The molecule has 11 N–H and O–H groups in total. The number of H-pyrrole nitrogens is 1. The highest BCUT2D eigenvalue weighted by Gasteiger charge is 2.49. The summed E-state index contributed by atoms with van der Waals surface area (Å²) in [6, 6.07) is 0. The number of nitrogens with one attached hydrogen (secondary N) is 2. The number of aromatic nitrogens is 4. The second-order valence-electron chi connectivity index (χ2n) is 7.30. The van der Waals surface area contributed by atoms with Crippen LogP contribution in [0.25, 0.3) is 11.2 Å². The Hall–Kier alpha value is -1.87. The molecule has 0 aliphatic carbocycles. The molecule has 3 rings (SSSR count). The van der Waals surface area contributed by atoms with E-state index in [1.54, 1.807) is 0 Å². The van der Waals surface area contributed by atoms with Gasteiger partial charge in [-0.05, 0) is 0 Å². The molecule has 3 heterocycles. The van der Waals surface area contributed by atoms with Crippen molar-refractivity contribution in [3.63, 3.8) is 0 Å². The number of carbonyl (C=O) groups excluding carboxylic acids is 1. The summed E-state index contributed by atoms with van der Waals surface area (Å²) in [5.74, 6) is -0.106. The first-order valence-electron chi connectivity index (χ1n) is 10.0. The Morgan fingerprint density at radius 2 is 1.92 bits per heavy atom. The fourth-order valence-electron chi connectivity index (χ4n) is 3.16. The zero-order chi connectivity index (χ0) is 28.5. The molecule has 1 aliphatic heterocycles. The molecule has 0 spiro atoms. The summed E-state index contributed by atoms with van der Waals surface area (Å²) in [4.78, 5) is 59.0. The number of aromatic amines is 1. The lowest BCUT2D eigenvalue weighted by Crippen LogP contribution is -2.40. The quantitative estimate of drug-likeness (QED) is 0.104. The Morgan fingerprint density at radius 3 is 2.55 bits per heavy atom. The summed E-state index contributed by atoms with van der Waals surface area (Å²) in [5.41, 5.74) is 11.3. The molecular weight excluding hydrogens is 603 g/mol. The molecule has 2 aromatic heterocycles. The molecule has 38 heavy (non-hydrogen) atoms. The SMILES string of the molecule is NCCNC(=O)O[C@@H]1[C@H](O)[C@@H](COP(=O)(O)OP(=O)(O)OP(=O)(O)O)O[C@H]1n1cnc2c(=S)nc(N)[nH]c21. The second-order valence-corrected chi connectivity index (χ2v) is 12.1. The van der Waals surface area contributed by atoms with E-state index in [2.05, 4.69) is 33.4 Å². The molecule has 0 saturated carbocycles. The third kappa shape index (κ3) is 7.84. The van der Waals surface area contributed by atoms with Gasteiger partial charge in [0.15, 0.2) is 22.9 Å². The predicted molar refractivity (Wildman–Crippen MR) is 124 cm³/mol. The Balaban J connectivity index is 1.84. The summed E-state index contributed by atoms with van der Waals surface area (Å²) in [7, 11) is -16.9. The third-order valence-corrected chi connectivity index (χ3v) is 8.61. The number of imidazole rings is 1. The number of fused-ring (bicyclic) bond motifs is 1. The molecule has 6 atom stereocenters. The molecule has 1 aliphatic rings. The number of nitrogen functional groups attached to an aromatic ring is 1. The molecule has 2 aromatic rings. The number of phosphoric acid groups is 3. The van der Waals surface area contributed by atoms with E-state index < -0.39 is 60.7 Å². The molecule has 1 amide bonds. The highest BCUT2D eigenvalue weighted by atomic mass is 32.1. The molecule has 1 saturated heterocycles. The Kier molecular flexibility index (Phi) is 9.45. The fraction of sp³-hybridized carbons (Fsp3) is 0.538. The van der Waals surface area contributed by atoms with E-state index in [9.17, 15) is 33.4 Å². The van der Waals surface area contributed by atoms with E-state index in [4.69, 9.17) is 42.9 Å². The predicted octanol–water partition coefficient (Wildman–Crippen LogP) is -1.27. The van der Waals surface area contributed by atoms with Gasteiger partial charge in [-0.3, -0.25) is 9.09 Å². The number of amides is 1. The van der Waals surface area contributed by atoms with Crippen molar-refractivity contribution in [2.24, 2.45) is 5.73 Å². The van der Waals surface area contributed by atoms with Crippen molar-refractivity contribution < 1.29 is 65.8 Å². The van der Waals surface area contributed by atoms with E-state index >= 15 is 0 Å². The average Bonchev–Trinajstić information content (AvgIpc) is 3.29. The van der Waals surface area contributed by atoms with Crippen molar-refractivity contribution in [2.45, 2.75) is 24.5 Å². The van der Waals surface area contributed by atoms with Gasteiger partial charge in [0.25, 0.3) is 0 Å². The first-order valence-corrected chi connectivity index (χ1v) is 14.9. The van der Waals surface area contributed by atoms with Crippen molar-refractivity contribution in [1.29, 1.82) is 0 Å². The summed E-state index contributed by atoms with van der Waals surface area (Å²) in [6.07, 6.45) is -6.03. The van der Waals surface area contributed by atoms with Gasteiger partial charge < -0.3 is 55.9 Å². The highest BCUT2D eigenvalue weighted by molar-refractivity contribution is 7.71. The van der Waals surface area contributed by atoms with Gasteiger partial charge in [-0.1, -0.05) is 12.2 Å². The van der Waals surface area contributed by atoms with Crippen LogP contribution in [-0.2, 0) is 36.3 Å². The molecule has 21 nitrogen and oxygen atoms in total. The number of anilines is 1. The number of rotatable bonds is 11. The number of carbonyl (C=O) groups is 1. The lowest BCUT2D eigenvalue weighted by Gasteiger charge is -2.22. The van der Waals surface area contributed by atoms with Crippen molar-refractivity contribution >= 4 is 58.9 Å². The Labute approximate surface area is 216 Å². The smallest absolute Gasteiger partial charge is 0.439 e. The first kappa shape index (κ1) is 30.7. The number of ether oxygens (including phenoxy) is 2. The molecule has 0 bridgehead atoms. The van der Waals surface area contributed by atoms with Gasteiger partial charge >= 0.3 is 29.6 Å². The van der Waals surface area contributed by atoms with Crippen LogP contribution in [0.2, 0.25) is 0 Å². The van der Waals surface area contributed by atoms with Crippen LogP contribution in [0.5, 0.6) is 0 Å². The summed E-state index contributed by atoms with van der Waals surface area (Å²) in [5, 5.41) is 13.1. The van der Waals surface area contributed by atoms with Gasteiger partial charge in [-0.25, -0.2) is 28.5 Å². The first-order chi connectivity index (χ1) is 17.5. The van der Waals surface area contributed by atoms with Gasteiger partial charge in [0.1, 0.15) is 23.4 Å². The van der Waals surface area contributed by atoms with Crippen LogP contribution in [0.15, 0.2) is 6.33 Å². The van der Waals surface area contributed by atoms with Gasteiger partial charge in [-0.2, -0.15) is 8.62 Å². The Bertz CT molecular complexity index is 1380. The maximum absolute atomic E-state index is 12.2. The van der Waals surface area contributed by atoms with E-state index in [-0.39, 0.29) is 34.8 Å². The molecule has 0 aromatic carbocycles. The average molecular weight is 625 g/mol. The molecule has 2 unspecified atom stereocenters. The number of hydrogen-bond acceptors (Lipinski definition) is 15. The summed E-state index contributed by atoms with van der Waals surface area (Å²) < 4.78 is 58.3. The number of phosphoric ester groups is 1. The zero-order valence-electron chi connectivity index (χ0n) is 18.7. The van der Waals surface area contributed by atoms with Crippen molar-refractivity contribution in [3.05, 3.63) is 11.0 Å². The summed E-state index contributed by atoms with van der Waals surface area (Å²) >= 11 is 5.10. The molecule has 1 fully saturated rings. The summed E-state index contributed by atoms with van der Waals surface area (Å²) in [6.45, 7) is -0.941. The van der Waals surface area contributed by atoms with Gasteiger partial charge in [-0.15, -0.1) is 0 Å². The van der Waals surface area contributed by atoms with Crippen LogP contribution < -0.4 is 16.8 Å². The monoisotopic (exact) mass is 625 g/mol. The minimum absolute atomic E-state index is 0.0101. The van der Waals surface area contributed by atoms with E-state index in [1.807, 2.05) is 0 Å². The minimum Gasteiger partial charge on any atom is -0.439 e. The Morgan fingerprint density at radius 1 is 1.24 bits per heavy atom. The number of aliphatic hydroxyl groups is 1. The number of nitrogens with zero attached hydrogens (tertiary/aromatic N) is 3. The van der Waals surface area contributed by atoms with Gasteiger partial charge in [0.05, 0.1) is 12.9 Å². The number of aliphatic hydroxyl groups excluding tert-OH is 1. The van der Waals surface area contributed by atoms with E-state index in [0.717, 1.165) is 0 Å². The number of hydrogen-bond donors (Lipinski definition) is 9. The topological polar surface area (TPSA) is 326 Å². The zero-order valence-corrected chi connectivity index (χ0v) is 22.2. The largest absolute Gasteiger partial charge is 0.490 e. The standard InChI is InChI=1S/C13H22N7O14P3S/c14-1-2-16-13(22)32-8-7(21)5(3-30-36(26,27)34-37(28,29)33-35(23,24)25)31-11(8)20-4-17-6-9(20)18-12(15)19-10(6)38/h4-5,7-8,11,21H,1-3,14H2,(H,16,22)(H,26,27)(H,28,29)(H2,23,24,25)(H3,15,18,19,38)/t5-,7-,8-,11-/m1/s1. The highest BCUT2D eigenvalue weighted by Crippen LogP contribution is 2.66. The van der Waals surface area contributed by atoms with Crippen LogP contribution in [0.4, 0.5) is 10.7 Å². The van der Waals surface area contributed by atoms with Gasteiger partial charge in [0.2, 0.25) is 0 Å². The third-order valence-electron chi connectivity index (χ3n) is 4.53. The molecular formula is C13H22N7O14P3S. The lowest BCUT2D eigenvalue weighted by atomic mass is 10.1. The van der Waals surface area contributed by atoms with E-state index in [0.29, 0.717) is 0 Å². The van der Waals surface area contributed by atoms with Crippen molar-refractivity contribution in [2.75, 3.05) is 25.4 Å². The van der Waals surface area contributed by atoms with Crippen LogP contribution in [0, 0.1) is 4.64 Å². The van der Waals surface area contributed by atoms with E-state index in [1.165, 1.54) is 10.9 Å². The second kappa shape index (κ2) is 11.7. The maximum Gasteiger partial charge on any atom is 0.490 e.